The molecule has 0 fully saturated rings. The number of aryl methyl sites for hydroxylation is 2. The maximum atomic E-state index is 12.3. The lowest BCUT2D eigenvalue weighted by Crippen LogP contribution is -2.15. The van der Waals surface area contributed by atoms with E-state index in [1.165, 1.54) is 7.11 Å². The van der Waals surface area contributed by atoms with E-state index in [0.29, 0.717) is 29.4 Å². The number of benzene rings is 1. The van der Waals surface area contributed by atoms with Crippen molar-refractivity contribution in [1.82, 2.24) is 19.6 Å². The van der Waals surface area contributed by atoms with Crippen molar-refractivity contribution in [2.24, 2.45) is 0 Å². The summed E-state index contributed by atoms with van der Waals surface area (Å²) in [4.78, 5) is 24.1. The standard InChI is InChI=1S/C20H22ClN5O3/c1-13-19(21)14(2)26(24-13)9-8-18(27)23-16-10-22-25(12-16)11-15-6-4-5-7-17(15)20(28)29-3/h4-7,10,12H,8-9,11H2,1-3H3,(H,23,27). The minimum Gasteiger partial charge on any atom is -0.465 e. The molecule has 3 rings (SSSR count). The van der Waals surface area contributed by atoms with Gasteiger partial charge in [0.2, 0.25) is 5.91 Å². The SMILES string of the molecule is COC(=O)c1ccccc1Cn1cc(NC(=O)CCn2nc(C)c(Cl)c2C)cn1. The van der Waals surface area contributed by atoms with E-state index in [0.717, 1.165) is 17.0 Å². The van der Waals surface area contributed by atoms with Crippen molar-refractivity contribution in [3.8, 4) is 0 Å². The van der Waals surface area contributed by atoms with Gasteiger partial charge in [-0.3, -0.25) is 14.2 Å². The van der Waals surface area contributed by atoms with Crippen molar-refractivity contribution < 1.29 is 14.3 Å². The smallest absolute Gasteiger partial charge is 0.338 e. The Hall–Kier alpha value is -3.13. The third-order valence-electron chi connectivity index (χ3n) is 4.52. The van der Waals surface area contributed by atoms with Gasteiger partial charge in [0, 0.05) is 12.6 Å². The number of halogens is 1. The zero-order chi connectivity index (χ0) is 21.0. The first-order valence-corrected chi connectivity index (χ1v) is 9.45. The summed E-state index contributed by atoms with van der Waals surface area (Å²) in [6.45, 7) is 4.52. The fraction of sp³-hybridized carbons (Fsp3) is 0.300. The van der Waals surface area contributed by atoms with Crippen LogP contribution in [0.5, 0.6) is 0 Å². The molecule has 8 nitrogen and oxygen atoms in total. The van der Waals surface area contributed by atoms with Gasteiger partial charge in [-0.25, -0.2) is 4.79 Å². The summed E-state index contributed by atoms with van der Waals surface area (Å²) in [6.07, 6.45) is 3.54. The van der Waals surface area contributed by atoms with Crippen molar-refractivity contribution in [3.05, 3.63) is 64.2 Å². The van der Waals surface area contributed by atoms with Crippen molar-refractivity contribution in [2.45, 2.75) is 33.4 Å². The summed E-state index contributed by atoms with van der Waals surface area (Å²) in [7, 11) is 1.35. The molecular formula is C20H22ClN5O3. The number of nitrogens with zero attached hydrogens (tertiary/aromatic N) is 4. The molecule has 0 aliphatic heterocycles. The first kappa shape index (κ1) is 20.6. The fourth-order valence-electron chi connectivity index (χ4n) is 2.98. The lowest BCUT2D eigenvalue weighted by molar-refractivity contribution is -0.116. The van der Waals surface area contributed by atoms with Gasteiger partial charge >= 0.3 is 5.97 Å². The number of nitrogens with one attached hydrogen (secondary N) is 1. The minimum atomic E-state index is -0.398. The molecule has 2 heterocycles. The molecule has 152 valence electrons. The Labute approximate surface area is 173 Å². The van der Waals surface area contributed by atoms with Gasteiger partial charge in [-0.05, 0) is 25.5 Å². The number of esters is 1. The number of carbonyl (C=O) groups excluding carboxylic acids is 2. The van der Waals surface area contributed by atoms with E-state index in [4.69, 9.17) is 16.3 Å². The molecule has 3 aromatic rings. The van der Waals surface area contributed by atoms with E-state index in [9.17, 15) is 9.59 Å². The molecule has 2 aromatic heterocycles. The molecule has 29 heavy (non-hydrogen) atoms. The van der Waals surface area contributed by atoms with Crippen LogP contribution in [-0.2, 0) is 22.6 Å². The van der Waals surface area contributed by atoms with E-state index in [2.05, 4.69) is 15.5 Å². The highest BCUT2D eigenvalue weighted by molar-refractivity contribution is 6.31. The summed E-state index contributed by atoms with van der Waals surface area (Å²) in [5, 5.41) is 12.0. The van der Waals surface area contributed by atoms with Gasteiger partial charge in [-0.2, -0.15) is 10.2 Å². The van der Waals surface area contributed by atoms with Crippen LogP contribution in [0.25, 0.3) is 0 Å². The topological polar surface area (TPSA) is 91.0 Å². The highest BCUT2D eigenvalue weighted by Crippen LogP contribution is 2.19. The molecule has 0 atom stereocenters. The summed E-state index contributed by atoms with van der Waals surface area (Å²) in [5.74, 6) is -0.547. The summed E-state index contributed by atoms with van der Waals surface area (Å²) < 4.78 is 8.19. The average molecular weight is 416 g/mol. The Morgan fingerprint density at radius 1 is 1.24 bits per heavy atom. The molecule has 0 saturated carbocycles. The van der Waals surface area contributed by atoms with Gasteiger partial charge in [0.05, 0.1) is 54.1 Å². The Kier molecular flexibility index (Phi) is 6.33. The van der Waals surface area contributed by atoms with E-state index in [-0.39, 0.29) is 12.3 Å². The Morgan fingerprint density at radius 3 is 2.69 bits per heavy atom. The molecule has 9 heteroatoms. The lowest BCUT2D eigenvalue weighted by atomic mass is 10.1. The summed E-state index contributed by atoms with van der Waals surface area (Å²) in [5.41, 5.74) is 3.44. The number of carbonyl (C=O) groups is 2. The summed E-state index contributed by atoms with van der Waals surface area (Å²) in [6, 6.07) is 7.17. The third kappa shape index (κ3) is 4.83. The molecule has 0 unspecified atom stereocenters. The quantitative estimate of drug-likeness (QED) is 0.598. The van der Waals surface area contributed by atoms with Crippen molar-refractivity contribution in [3.63, 3.8) is 0 Å². The molecule has 0 aliphatic carbocycles. The van der Waals surface area contributed by atoms with Gasteiger partial charge in [-0.15, -0.1) is 0 Å². The number of anilines is 1. The number of aromatic nitrogens is 4. The highest BCUT2D eigenvalue weighted by atomic mass is 35.5. The predicted octanol–water partition coefficient (Wildman–Crippen LogP) is 3.21. The van der Waals surface area contributed by atoms with Gasteiger partial charge < -0.3 is 10.1 Å². The second-order valence-corrected chi connectivity index (χ2v) is 6.96. The zero-order valence-corrected chi connectivity index (χ0v) is 17.2. The molecule has 1 aromatic carbocycles. The Morgan fingerprint density at radius 2 is 2.00 bits per heavy atom. The number of rotatable bonds is 7. The van der Waals surface area contributed by atoms with Crippen LogP contribution in [0.2, 0.25) is 5.02 Å². The minimum absolute atomic E-state index is 0.150. The van der Waals surface area contributed by atoms with Gasteiger partial charge in [-0.1, -0.05) is 29.8 Å². The van der Waals surface area contributed by atoms with Crippen LogP contribution in [0.4, 0.5) is 5.69 Å². The number of methoxy groups -OCH3 is 1. The van der Waals surface area contributed by atoms with E-state index < -0.39 is 5.97 Å². The monoisotopic (exact) mass is 415 g/mol. The van der Waals surface area contributed by atoms with Crippen LogP contribution >= 0.6 is 11.6 Å². The van der Waals surface area contributed by atoms with Crippen molar-refractivity contribution in [2.75, 3.05) is 12.4 Å². The second kappa shape index (κ2) is 8.91. The van der Waals surface area contributed by atoms with E-state index >= 15 is 0 Å². The largest absolute Gasteiger partial charge is 0.465 e. The van der Waals surface area contributed by atoms with Gasteiger partial charge in [0.25, 0.3) is 0 Å². The maximum absolute atomic E-state index is 12.3. The Bertz CT molecular complexity index is 1040. The van der Waals surface area contributed by atoms with Crippen LogP contribution in [0.1, 0.15) is 33.7 Å². The molecule has 0 saturated heterocycles. The first-order chi connectivity index (χ1) is 13.9. The lowest BCUT2D eigenvalue weighted by Gasteiger charge is -2.08. The van der Waals surface area contributed by atoms with Crippen molar-refractivity contribution >= 4 is 29.2 Å². The third-order valence-corrected chi connectivity index (χ3v) is 5.06. The zero-order valence-electron chi connectivity index (χ0n) is 16.5. The van der Waals surface area contributed by atoms with Crippen LogP contribution in [-0.4, -0.2) is 38.5 Å². The fourth-order valence-corrected chi connectivity index (χ4v) is 3.12. The van der Waals surface area contributed by atoms with Gasteiger partial charge in [0.15, 0.2) is 0 Å². The first-order valence-electron chi connectivity index (χ1n) is 9.07. The van der Waals surface area contributed by atoms with Crippen LogP contribution in [0, 0.1) is 13.8 Å². The van der Waals surface area contributed by atoms with Crippen LogP contribution in [0.15, 0.2) is 36.7 Å². The molecule has 0 bridgehead atoms. The van der Waals surface area contributed by atoms with E-state index in [1.54, 1.807) is 33.9 Å². The summed E-state index contributed by atoms with van der Waals surface area (Å²) >= 11 is 6.13. The Balaban J connectivity index is 1.60. The maximum Gasteiger partial charge on any atom is 0.338 e. The second-order valence-electron chi connectivity index (χ2n) is 6.58. The van der Waals surface area contributed by atoms with Crippen molar-refractivity contribution in [1.29, 1.82) is 0 Å². The predicted molar refractivity (Wildman–Crippen MR) is 109 cm³/mol. The highest BCUT2D eigenvalue weighted by Gasteiger charge is 2.13. The van der Waals surface area contributed by atoms with Gasteiger partial charge in [0.1, 0.15) is 0 Å². The normalized spacial score (nSPS) is 10.8. The number of hydrogen-bond acceptors (Lipinski definition) is 5. The number of amides is 1. The molecule has 0 radical (unpaired) electrons. The number of hydrogen-bond donors (Lipinski definition) is 1. The van der Waals surface area contributed by atoms with E-state index in [1.807, 2.05) is 26.0 Å². The van der Waals surface area contributed by atoms with Crippen LogP contribution in [0.3, 0.4) is 0 Å². The average Bonchev–Trinajstić information content (AvgIpc) is 3.25. The number of ether oxygens (including phenoxy) is 1. The molecular weight excluding hydrogens is 394 g/mol. The molecule has 0 aliphatic rings. The molecule has 1 N–H and O–H groups in total. The molecule has 1 amide bonds. The molecule has 0 spiro atoms. The van der Waals surface area contributed by atoms with Crippen LogP contribution < -0.4 is 5.32 Å².